The van der Waals surface area contributed by atoms with Crippen molar-refractivity contribution in [2.24, 2.45) is 0 Å². The summed E-state index contributed by atoms with van der Waals surface area (Å²) in [7, 11) is 1.56. The first-order valence-electron chi connectivity index (χ1n) is 8.09. The topological polar surface area (TPSA) is 76.7 Å². The van der Waals surface area contributed by atoms with E-state index in [1.54, 1.807) is 19.3 Å². The van der Waals surface area contributed by atoms with Crippen LogP contribution in [0.3, 0.4) is 0 Å². The summed E-state index contributed by atoms with van der Waals surface area (Å²) in [5.41, 5.74) is 7.47. The van der Waals surface area contributed by atoms with Crippen LogP contribution < -0.4 is 20.3 Å². The molecule has 2 aromatic rings. The van der Waals surface area contributed by atoms with Gasteiger partial charge in [0, 0.05) is 11.6 Å². The van der Waals surface area contributed by atoms with Gasteiger partial charge in [-0.25, -0.2) is 0 Å². The Bertz CT molecular complexity index is 795. The van der Waals surface area contributed by atoms with Crippen LogP contribution in [0.4, 0.5) is 0 Å². The number of methoxy groups -OCH3 is 1. The van der Waals surface area contributed by atoms with E-state index in [9.17, 15) is 9.59 Å². The van der Waals surface area contributed by atoms with Gasteiger partial charge in [-0.1, -0.05) is 24.3 Å². The Morgan fingerprint density at radius 1 is 1.04 bits per heavy atom. The van der Waals surface area contributed by atoms with Crippen molar-refractivity contribution in [1.82, 2.24) is 10.9 Å². The SMILES string of the molecule is COc1ccccc1C=CC(=O)NNC(=O)COc1cc(C)cc(C)c1. The number of ether oxygens (including phenoxy) is 2. The Kier molecular flexibility index (Phi) is 6.79. The number of aryl methyl sites for hydroxylation is 2. The van der Waals surface area contributed by atoms with Gasteiger partial charge in [0.2, 0.25) is 0 Å². The van der Waals surface area contributed by atoms with Gasteiger partial charge >= 0.3 is 0 Å². The zero-order valence-corrected chi connectivity index (χ0v) is 15.0. The molecule has 2 amide bonds. The molecule has 0 bridgehead atoms. The molecule has 0 aliphatic rings. The van der Waals surface area contributed by atoms with E-state index in [1.165, 1.54) is 6.08 Å². The van der Waals surface area contributed by atoms with Gasteiger partial charge in [-0.2, -0.15) is 0 Å². The third-order valence-electron chi connectivity index (χ3n) is 3.44. The summed E-state index contributed by atoms with van der Waals surface area (Å²) in [6.45, 7) is 3.71. The van der Waals surface area contributed by atoms with E-state index in [2.05, 4.69) is 10.9 Å². The van der Waals surface area contributed by atoms with Gasteiger partial charge in [0.15, 0.2) is 6.61 Å². The second-order valence-electron chi connectivity index (χ2n) is 5.72. The highest BCUT2D eigenvalue weighted by Gasteiger charge is 2.05. The van der Waals surface area contributed by atoms with Crippen molar-refractivity contribution in [2.45, 2.75) is 13.8 Å². The van der Waals surface area contributed by atoms with E-state index in [1.807, 2.05) is 50.2 Å². The fourth-order valence-corrected chi connectivity index (χ4v) is 2.34. The van der Waals surface area contributed by atoms with E-state index in [0.717, 1.165) is 16.7 Å². The molecule has 0 unspecified atom stereocenters. The summed E-state index contributed by atoms with van der Waals surface area (Å²) < 4.78 is 10.6. The molecule has 0 radical (unpaired) electrons. The monoisotopic (exact) mass is 354 g/mol. The Morgan fingerprint density at radius 3 is 2.42 bits per heavy atom. The number of carbonyl (C=O) groups excluding carboxylic acids is 2. The van der Waals surface area contributed by atoms with Crippen LogP contribution in [0.25, 0.3) is 6.08 Å². The summed E-state index contributed by atoms with van der Waals surface area (Å²) in [4.78, 5) is 23.6. The van der Waals surface area contributed by atoms with Crippen molar-refractivity contribution >= 4 is 17.9 Å². The summed E-state index contributed by atoms with van der Waals surface area (Å²) in [6.07, 6.45) is 2.91. The van der Waals surface area contributed by atoms with Gasteiger partial charge in [0.25, 0.3) is 11.8 Å². The highest BCUT2D eigenvalue weighted by Crippen LogP contribution is 2.18. The fourth-order valence-electron chi connectivity index (χ4n) is 2.34. The molecule has 0 atom stereocenters. The van der Waals surface area contributed by atoms with E-state index < -0.39 is 11.8 Å². The predicted octanol–water partition coefficient (Wildman–Crippen LogP) is 2.55. The average molecular weight is 354 g/mol. The molecule has 2 aromatic carbocycles. The number of nitrogens with one attached hydrogen (secondary N) is 2. The Labute approximate surface area is 152 Å². The molecule has 0 aliphatic carbocycles. The molecule has 136 valence electrons. The number of para-hydroxylation sites is 1. The van der Waals surface area contributed by atoms with E-state index in [0.29, 0.717) is 11.5 Å². The lowest BCUT2D eigenvalue weighted by Crippen LogP contribution is -2.43. The van der Waals surface area contributed by atoms with Crippen molar-refractivity contribution in [1.29, 1.82) is 0 Å². The van der Waals surface area contributed by atoms with Crippen molar-refractivity contribution in [3.63, 3.8) is 0 Å². The van der Waals surface area contributed by atoms with Crippen LogP contribution in [0.15, 0.2) is 48.5 Å². The second kappa shape index (κ2) is 9.27. The van der Waals surface area contributed by atoms with Gasteiger partial charge in [-0.3, -0.25) is 20.4 Å². The van der Waals surface area contributed by atoms with Crippen LogP contribution in [-0.2, 0) is 9.59 Å². The molecule has 0 aliphatic heterocycles. The number of hydrogen-bond acceptors (Lipinski definition) is 4. The number of rotatable bonds is 6. The third kappa shape index (κ3) is 5.98. The minimum atomic E-state index is -0.462. The third-order valence-corrected chi connectivity index (χ3v) is 3.44. The molecule has 0 fully saturated rings. The first-order valence-corrected chi connectivity index (χ1v) is 8.09. The minimum absolute atomic E-state index is 0.195. The maximum atomic E-state index is 11.8. The Balaban J connectivity index is 1.79. The second-order valence-corrected chi connectivity index (χ2v) is 5.72. The van der Waals surface area contributed by atoms with Gasteiger partial charge in [-0.15, -0.1) is 0 Å². The van der Waals surface area contributed by atoms with Crippen LogP contribution >= 0.6 is 0 Å². The lowest BCUT2D eigenvalue weighted by Gasteiger charge is -2.09. The minimum Gasteiger partial charge on any atom is -0.496 e. The van der Waals surface area contributed by atoms with Gasteiger partial charge < -0.3 is 9.47 Å². The summed E-state index contributed by atoms with van der Waals surface area (Å²) in [5, 5.41) is 0. The standard InChI is InChI=1S/C20H22N2O4/c1-14-10-15(2)12-17(11-14)26-13-20(24)22-21-19(23)9-8-16-6-4-5-7-18(16)25-3/h4-12H,13H2,1-3H3,(H,21,23)(H,22,24). The van der Waals surface area contributed by atoms with Crippen LogP contribution in [-0.4, -0.2) is 25.5 Å². The zero-order valence-electron chi connectivity index (χ0n) is 15.0. The van der Waals surface area contributed by atoms with E-state index >= 15 is 0 Å². The smallest absolute Gasteiger partial charge is 0.276 e. The zero-order chi connectivity index (χ0) is 18.9. The largest absolute Gasteiger partial charge is 0.496 e. The molecule has 0 spiro atoms. The molecule has 6 nitrogen and oxygen atoms in total. The first kappa shape index (κ1) is 19.1. The molecule has 2 rings (SSSR count). The number of amides is 2. The molecular weight excluding hydrogens is 332 g/mol. The molecule has 26 heavy (non-hydrogen) atoms. The highest BCUT2D eigenvalue weighted by molar-refractivity contribution is 5.93. The van der Waals surface area contributed by atoms with Crippen molar-refractivity contribution < 1.29 is 19.1 Å². The highest BCUT2D eigenvalue weighted by atomic mass is 16.5. The quantitative estimate of drug-likeness (QED) is 0.617. The fraction of sp³-hybridized carbons (Fsp3) is 0.200. The Hall–Kier alpha value is -3.28. The van der Waals surface area contributed by atoms with Crippen molar-refractivity contribution in [2.75, 3.05) is 13.7 Å². The maximum absolute atomic E-state index is 11.8. The number of carbonyl (C=O) groups is 2. The van der Waals surface area contributed by atoms with E-state index in [-0.39, 0.29) is 6.61 Å². The van der Waals surface area contributed by atoms with Gasteiger partial charge in [0.1, 0.15) is 11.5 Å². The molecule has 0 aromatic heterocycles. The van der Waals surface area contributed by atoms with Crippen LogP contribution in [0.5, 0.6) is 11.5 Å². The van der Waals surface area contributed by atoms with Crippen LogP contribution in [0.1, 0.15) is 16.7 Å². The molecule has 0 heterocycles. The van der Waals surface area contributed by atoms with Gasteiger partial charge in [0.05, 0.1) is 7.11 Å². The summed E-state index contributed by atoms with van der Waals surface area (Å²) in [5.74, 6) is 0.348. The van der Waals surface area contributed by atoms with E-state index in [4.69, 9.17) is 9.47 Å². The molecule has 0 saturated heterocycles. The van der Waals surface area contributed by atoms with Crippen LogP contribution in [0.2, 0.25) is 0 Å². The number of hydrazine groups is 1. The normalized spacial score (nSPS) is 10.4. The number of benzene rings is 2. The Morgan fingerprint density at radius 2 is 1.73 bits per heavy atom. The first-order chi connectivity index (χ1) is 12.5. The lowest BCUT2D eigenvalue weighted by molar-refractivity contribution is -0.128. The van der Waals surface area contributed by atoms with Crippen molar-refractivity contribution in [3.05, 3.63) is 65.2 Å². The van der Waals surface area contributed by atoms with Crippen molar-refractivity contribution in [3.8, 4) is 11.5 Å². The van der Waals surface area contributed by atoms with Gasteiger partial charge in [-0.05, 0) is 49.2 Å². The average Bonchev–Trinajstić information content (AvgIpc) is 2.62. The summed E-state index contributed by atoms with van der Waals surface area (Å²) in [6, 6.07) is 13.0. The molecule has 2 N–H and O–H groups in total. The predicted molar refractivity (Wildman–Crippen MR) is 99.7 cm³/mol. The molecular formula is C20H22N2O4. The molecule has 0 saturated carbocycles. The molecule has 6 heteroatoms. The maximum Gasteiger partial charge on any atom is 0.276 e. The van der Waals surface area contributed by atoms with Crippen LogP contribution in [0, 0.1) is 13.8 Å². The summed E-state index contributed by atoms with van der Waals surface area (Å²) >= 11 is 0. The number of hydrogen-bond donors (Lipinski definition) is 2. The lowest BCUT2D eigenvalue weighted by atomic mass is 10.1.